The van der Waals surface area contributed by atoms with Crippen LogP contribution in [0.25, 0.3) is 67.9 Å². The number of nitrogen functional groups attached to an aromatic ring is 5. The highest BCUT2D eigenvalue weighted by molar-refractivity contribution is 6.30. The molecule has 2 aliphatic heterocycles. The number of benzene rings is 10. The molecule has 1 unspecified atom stereocenters. The first-order valence-corrected chi connectivity index (χ1v) is 41.9. The summed E-state index contributed by atoms with van der Waals surface area (Å²) in [5.41, 5.74) is 41.0. The number of para-hydroxylation sites is 9. The summed E-state index contributed by atoms with van der Waals surface area (Å²) in [4.78, 5) is 64.5. The highest BCUT2D eigenvalue weighted by Gasteiger charge is 2.33. The smallest absolute Gasteiger partial charge is 0.497 e. The van der Waals surface area contributed by atoms with Crippen LogP contribution in [-0.4, -0.2) is 114 Å². The third-order valence-corrected chi connectivity index (χ3v) is 21.3. The number of nitrogens with two attached hydrogens (primary N) is 5. The van der Waals surface area contributed by atoms with Crippen LogP contribution in [0.15, 0.2) is 242 Å². The molecule has 15 N–H and O–H groups in total. The van der Waals surface area contributed by atoms with Gasteiger partial charge in [-0.05, 0) is 204 Å². The number of hydrogen-bond acceptors (Lipinski definition) is 30. The predicted octanol–water partition coefficient (Wildman–Crippen LogP) is 19.7. The van der Waals surface area contributed by atoms with Crippen LogP contribution in [0.3, 0.4) is 0 Å². The van der Waals surface area contributed by atoms with Crippen molar-refractivity contribution in [2.24, 2.45) is 4.99 Å². The topological polar surface area (TPSA) is 463 Å². The summed E-state index contributed by atoms with van der Waals surface area (Å²) in [7, 11) is 1.58. The number of aliphatic imine (C=N–C) groups is 1. The molecule has 0 fully saturated rings. The van der Waals surface area contributed by atoms with E-state index in [1.807, 2.05) is 155 Å². The van der Waals surface area contributed by atoms with Gasteiger partial charge in [-0.2, -0.15) is 67.1 Å². The Bertz CT molecular complexity index is 7920. The molecule has 0 spiro atoms. The van der Waals surface area contributed by atoms with Gasteiger partial charge in [0.2, 0.25) is 59.7 Å². The first-order valence-electron chi connectivity index (χ1n) is 41.5. The zero-order valence-electron chi connectivity index (χ0n) is 73.2. The number of aryl methyl sites for hydroxylation is 4. The predicted molar refractivity (Wildman–Crippen MR) is 508 cm³/mol. The summed E-state index contributed by atoms with van der Waals surface area (Å²) >= 11 is 5.88. The molecule has 0 amide bonds. The van der Waals surface area contributed by atoms with Crippen molar-refractivity contribution in [3.8, 4) is 52.9 Å². The van der Waals surface area contributed by atoms with Crippen molar-refractivity contribution in [2.45, 2.75) is 46.9 Å². The lowest BCUT2D eigenvalue weighted by Crippen LogP contribution is -2.17. The maximum Gasteiger partial charge on any atom is 0.573 e. The first kappa shape index (κ1) is 91.5. The highest BCUT2D eigenvalue weighted by atomic mass is 35.5. The fourth-order valence-corrected chi connectivity index (χ4v) is 14.8. The monoisotopic (exact) mass is 1890 g/mol. The Labute approximate surface area is 782 Å². The number of aromatic nitrogens is 18. The molecular formula is C95H75ClF8N30O4. The van der Waals surface area contributed by atoms with E-state index in [9.17, 15) is 35.1 Å². The van der Waals surface area contributed by atoms with Crippen molar-refractivity contribution in [3.05, 3.63) is 311 Å². The lowest BCUT2D eigenvalue weighted by Gasteiger charge is -2.15. The summed E-state index contributed by atoms with van der Waals surface area (Å²) in [5, 5.41) is 23.9. The standard InChI is InChI=1S/C20H15FN6.C19H14F4N6O.C19H15FN6O2.C19H17FN6O.C18H14ClFN6/c1-11-16(14-4-2-3-5-15(14)24-11)19-26-18(23)17(21)20(27-19)25-13-8-6-12(10-22)7-9-13;1-10-25-13-4-2-3-5-14(13)29(10)18-27-16(24)15(20)17(28-18)26-11-6-8-12(9-7-11)30-19(21,22)23;1-10-22-12-4-2-3-5-13(12)26(10)19-24-17(21)16(20)18(25-19)23-11-6-7-14-15(8-11)28-9-27-14;1-11-22-14-5-3-4-6-15(14)26(11)19-24-17(21)16(20)18(25-19)23-12-7-9-13(27-2)10-8-12;1-10-22-13-4-2-3-5-14(13)26(10)18-24-16(21)15(20)17(25-18)23-12-8-6-11(19)7-9-12/h2-9,16H,1H3,(H3,23,25,26,27);2-9H,1H3,(H3,24,26,27,28);2-8H,9H2,1H3,(H3,21,23,24,25);3-10H,1-2H3,(H3,21,23,24,25);2-9H,1H3,(H3,21,23,24,25). The zero-order chi connectivity index (χ0) is 96.9. The number of imidazole rings is 4. The molecule has 21 rings (SSSR count). The van der Waals surface area contributed by atoms with Crippen LogP contribution >= 0.6 is 11.6 Å². The highest BCUT2D eigenvalue weighted by Crippen LogP contribution is 2.42. The minimum atomic E-state index is -4.80. The minimum absolute atomic E-state index is 0.0140. The molecule has 0 saturated carbocycles. The average Bonchev–Trinajstić information content (AvgIpc) is 1.63. The van der Waals surface area contributed by atoms with Crippen LogP contribution in [0, 0.1) is 68.1 Å². The Morgan fingerprint density at radius 3 is 1.09 bits per heavy atom. The van der Waals surface area contributed by atoms with Gasteiger partial charge >= 0.3 is 6.36 Å². The number of anilines is 15. The second-order valence-corrected chi connectivity index (χ2v) is 30.7. The van der Waals surface area contributed by atoms with Gasteiger partial charge < -0.3 is 74.2 Å². The molecular weight excluding hydrogens is 1810 g/mol. The van der Waals surface area contributed by atoms with Gasteiger partial charge in [0.25, 0.3) is 0 Å². The van der Waals surface area contributed by atoms with Crippen molar-refractivity contribution in [1.29, 1.82) is 5.26 Å². The van der Waals surface area contributed by atoms with Crippen molar-refractivity contribution in [1.82, 2.24) is 88.0 Å². The molecule has 692 valence electrons. The van der Waals surface area contributed by atoms with E-state index in [-0.39, 0.29) is 94.6 Å². The number of hydrogen-bond donors (Lipinski definition) is 10. The largest absolute Gasteiger partial charge is 0.573 e. The quantitative estimate of drug-likeness (QED) is 0.0379. The number of methoxy groups -OCH3 is 1. The Morgan fingerprint density at radius 1 is 0.384 bits per heavy atom. The fraction of sp³-hybridized carbons (Fsp3) is 0.0947. The van der Waals surface area contributed by atoms with Gasteiger partial charge in [-0.3, -0.25) is 23.3 Å². The first-order chi connectivity index (χ1) is 66.5. The van der Waals surface area contributed by atoms with Gasteiger partial charge in [0, 0.05) is 45.2 Å². The van der Waals surface area contributed by atoms with Gasteiger partial charge in [0.05, 0.1) is 74.5 Å². The molecule has 138 heavy (non-hydrogen) atoms. The number of nitriles is 1. The third-order valence-electron chi connectivity index (χ3n) is 21.0. The molecule has 2 aliphatic rings. The van der Waals surface area contributed by atoms with Gasteiger partial charge in [0.15, 0.2) is 69.7 Å². The summed E-state index contributed by atoms with van der Waals surface area (Å²) < 4.78 is 136. The van der Waals surface area contributed by atoms with Gasteiger partial charge in [-0.25, -0.2) is 29.9 Å². The van der Waals surface area contributed by atoms with Gasteiger partial charge in [-0.15, -0.1) is 13.2 Å². The molecule has 43 heteroatoms. The average molecular weight is 1890 g/mol. The van der Waals surface area contributed by atoms with E-state index >= 15 is 0 Å². The number of fused-ring (bicyclic) bond motifs is 6. The molecule has 9 aromatic heterocycles. The van der Waals surface area contributed by atoms with E-state index in [0.29, 0.717) is 90.7 Å². The van der Waals surface area contributed by atoms with Gasteiger partial charge in [-0.1, -0.05) is 78.3 Å². The summed E-state index contributed by atoms with van der Waals surface area (Å²) in [6, 6.07) is 70.1. The SMILES string of the molecule is CC1=Nc2ccccc2C1c1nc(N)c(F)c(Nc2ccc(C#N)cc2)n1.COc1ccc(Nc2nc(-n3c(C)nc4ccccc43)nc(N)c2F)cc1.Cc1nc2ccccc2n1-c1nc(N)c(F)c(Nc2ccc(Cl)cc2)n1.Cc1nc2ccccc2n1-c1nc(N)c(F)c(Nc2ccc(OC(F)(F)F)cc2)n1.Cc1nc2ccccc2n1-c1nc(N)c(F)c(Nc2ccc3c(c2)OCO3)n1. The number of nitrogens with one attached hydrogen (secondary N) is 5. The van der Waals surface area contributed by atoms with Crippen molar-refractivity contribution in [2.75, 3.05) is 69.2 Å². The van der Waals surface area contributed by atoms with E-state index in [2.05, 4.69) is 106 Å². The second-order valence-electron chi connectivity index (χ2n) is 30.3. The van der Waals surface area contributed by atoms with E-state index in [1.165, 1.54) is 12.1 Å². The summed E-state index contributed by atoms with van der Waals surface area (Å²) in [6.45, 7) is 9.28. The molecule has 0 bridgehead atoms. The molecule has 19 aromatic rings. The van der Waals surface area contributed by atoms with Crippen LogP contribution in [-0.2, 0) is 0 Å². The number of nitrogens with zero attached hydrogens (tertiary/aromatic N) is 20. The van der Waals surface area contributed by atoms with E-state index in [1.54, 1.807) is 123 Å². The number of ether oxygens (including phenoxy) is 4. The Kier molecular flexibility index (Phi) is 25.7. The molecule has 10 aromatic carbocycles. The van der Waals surface area contributed by atoms with Crippen molar-refractivity contribution >= 4 is 154 Å². The van der Waals surface area contributed by atoms with Crippen LogP contribution in [0.4, 0.5) is 127 Å². The maximum atomic E-state index is 14.6. The van der Waals surface area contributed by atoms with Crippen molar-refractivity contribution < 1.29 is 54.1 Å². The zero-order valence-corrected chi connectivity index (χ0v) is 73.9. The molecule has 0 aliphatic carbocycles. The van der Waals surface area contributed by atoms with E-state index in [0.717, 1.165) is 62.2 Å². The molecule has 0 saturated heterocycles. The van der Waals surface area contributed by atoms with E-state index < -0.39 is 47.0 Å². The van der Waals surface area contributed by atoms with Crippen LogP contribution in [0.2, 0.25) is 5.02 Å². The summed E-state index contributed by atoms with van der Waals surface area (Å²) in [6.07, 6.45) is -4.80. The minimum Gasteiger partial charge on any atom is -0.497 e. The molecule has 0 radical (unpaired) electrons. The lowest BCUT2D eigenvalue weighted by molar-refractivity contribution is -0.274. The molecule has 34 nitrogen and oxygen atoms in total. The van der Waals surface area contributed by atoms with Crippen LogP contribution in [0.5, 0.6) is 23.0 Å². The van der Waals surface area contributed by atoms with Crippen LogP contribution in [0.1, 0.15) is 53.1 Å². The van der Waals surface area contributed by atoms with Crippen molar-refractivity contribution in [3.63, 3.8) is 0 Å². The number of halogens is 9. The normalized spacial score (nSPS) is 12.2. The van der Waals surface area contributed by atoms with E-state index in [4.69, 9.17) is 59.7 Å². The second kappa shape index (κ2) is 38.8. The van der Waals surface area contributed by atoms with Crippen LogP contribution < -0.4 is 74.2 Å². The third kappa shape index (κ3) is 19.7. The van der Waals surface area contributed by atoms with Gasteiger partial charge in [0.1, 0.15) is 40.6 Å². The Balaban J connectivity index is 0.000000119. The lowest BCUT2D eigenvalue weighted by atomic mass is 9.95. The number of rotatable bonds is 17. The maximum absolute atomic E-state index is 14.6. The molecule has 11 heterocycles. The summed E-state index contributed by atoms with van der Waals surface area (Å²) in [5.74, 6) is -0.449. The fourth-order valence-electron chi connectivity index (χ4n) is 14.7. The Hall–Kier alpha value is -18.4. The Morgan fingerprint density at radius 2 is 0.710 bits per heavy atom. The number of alkyl halides is 3. The molecule has 1 atom stereocenters.